The molecule has 0 radical (unpaired) electrons. The molecule has 6 heteroatoms. The van der Waals surface area contributed by atoms with Crippen molar-refractivity contribution >= 4 is 33.0 Å². The van der Waals surface area contributed by atoms with Crippen molar-refractivity contribution in [3.8, 4) is 0 Å². The Balaban J connectivity index is 3.14. The Labute approximate surface area is 138 Å². The second-order valence-electron chi connectivity index (χ2n) is 5.27. The average molecular weight is 346 g/mol. The molecule has 0 fully saturated rings. The predicted molar refractivity (Wildman–Crippen MR) is 92.4 cm³/mol. The molecule has 0 bridgehead atoms. The Hall–Kier alpha value is -1.07. The van der Waals surface area contributed by atoms with Gasteiger partial charge in [0.05, 0.1) is 5.75 Å². The fourth-order valence-electron chi connectivity index (χ4n) is 2.32. The van der Waals surface area contributed by atoms with E-state index < -0.39 is 21.0 Å². The molecule has 0 spiro atoms. The second kappa shape index (κ2) is 7.97. The molecule has 1 amide bonds. The highest BCUT2D eigenvalue weighted by Crippen LogP contribution is 2.29. The van der Waals surface area contributed by atoms with Crippen molar-refractivity contribution in [2.45, 2.75) is 52.2 Å². The summed E-state index contributed by atoms with van der Waals surface area (Å²) in [5.74, 6) is -0.488. The van der Waals surface area contributed by atoms with Crippen molar-refractivity contribution < 1.29 is 13.2 Å². The molecule has 1 aromatic carbocycles. The minimum Gasteiger partial charge on any atom is -0.324 e. The number of halogens is 1. The van der Waals surface area contributed by atoms with Gasteiger partial charge in [0, 0.05) is 10.7 Å². The highest BCUT2D eigenvalue weighted by Gasteiger charge is 2.28. The first kappa shape index (κ1) is 19.0. The number of anilines is 1. The minimum atomic E-state index is -3.42. The zero-order chi connectivity index (χ0) is 16.9. The largest absolute Gasteiger partial charge is 0.324 e. The Morgan fingerprint density at radius 2 is 1.86 bits per heavy atom. The molecule has 0 aromatic heterocycles. The van der Waals surface area contributed by atoms with Crippen LogP contribution in [0.15, 0.2) is 12.1 Å². The van der Waals surface area contributed by atoms with Crippen LogP contribution in [0.3, 0.4) is 0 Å². The van der Waals surface area contributed by atoms with Crippen LogP contribution in [0.25, 0.3) is 0 Å². The number of hydrogen-bond donors (Lipinski definition) is 1. The van der Waals surface area contributed by atoms with Gasteiger partial charge in [-0.25, -0.2) is 8.42 Å². The summed E-state index contributed by atoms with van der Waals surface area (Å²) < 4.78 is 24.1. The molecule has 22 heavy (non-hydrogen) atoms. The van der Waals surface area contributed by atoms with Crippen LogP contribution >= 0.6 is 11.6 Å². The molecule has 1 N–H and O–H groups in total. The smallest absolute Gasteiger partial charge is 0.242 e. The molecule has 0 aliphatic rings. The van der Waals surface area contributed by atoms with Crippen LogP contribution in [0, 0.1) is 0 Å². The van der Waals surface area contributed by atoms with Gasteiger partial charge in [0.1, 0.15) is 5.25 Å². The summed E-state index contributed by atoms with van der Waals surface area (Å²) in [5.41, 5.74) is 2.45. The van der Waals surface area contributed by atoms with Crippen LogP contribution in [0.2, 0.25) is 5.02 Å². The number of carbonyl (C=O) groups is 1. The van der Waals surface area contributed by atoms with Gasteiger partial charge in [-0.05, 0) is 43.4 Å². The van der Waals surface area contributed by atoms with E-state index in [1.165, 1.54) is 6.92 Å². The van der Waals surface area contributed by atoms with Crippen LogP contribution in [-0.2, 0) is 27.5 Å². The summed E-state index contributed by atoms with van der Waals surface area (Å²) in [5, 5.41) is 2.30. The van der Waals surface area contributed by atoms with Crippen molar-refractivity contribution in [3.63, 3.8) is 0 Å². The van der Waals surface area contributed by atoms with Gasteiger partial charge in [0.2, 0.25) is 5.91 Å². The zero-order valence-corrected chi connectivity index (χ0v) is 15.1. The molecule has 1 aromatic rings. The molecular formula is C16H24ClNO3S. The standard InChI is InChI=1S/C16H24ClNO3S/c1-5-10-22(20,21)11(4)16(19)18-15-12(6-2)8-9-14(17)13(15)7-3/h8-9,11H,5-7,10H2,1-4H3,(H,18,19)/t11-/m1/s1. The third-order valence-electron chi connectivity index (χ3n) is 3.72. The lowest BCUT2D eigenvalue weighted by Crippen LogP contribution is -2.34. The molecule has 1 rings (SSSR count). The van der Waals surface area contributed by atoms with Gasteiger partial charge in [-0.15, -0.1) is 0 Å². The van der Waals surface area contributed by atoms with Gasteiger partial charge in [-0.1, -0.05) is 38.4 Å². The molecule has 4 nitrogen and oxygen atoms in total. The molecular weight excluding hydrogens is 322 g/mol. The molecule has 124 valence electrons. The maximum absolute atomic E-state index is 12.3. The van der Waals surface area contributed by atoms with E-state index in [2.05, 4.69) is 5.32 Å². The van der Waals surface area contributed by atoms with Gasteiger partial charge in [-0.2, -0.15) is 0 Å². The average Bonchev–Trinajstić information content (AvgIpc) is 2.46. The van der Waals surface area contributed by atoms with Crippen molar-refractivity contribution in [3.05, 3.63) is 28.3 Å². The van der Waals surface area contributed by atoms with E-state index in [1.807, 2.05) is 26.0 Å². The summed E-state index contributed by atoms with van der Waals surface area (Å²) >= 11 is 6.19. The first-order valence-corrected chi connectivity index (χ1v) is 9.70. The van der Waals surface area contributed by atoms with E-state index in [9.17, 15) is 13.2 Å². The zero-order valence-electron chi connectivity index (χ0n) is 13.6. The Morgan fingerprint density at radius 1 is 1.23 bits per heavy atom. The minimum absolute atomic E-state index is 0.0123. The van der Waals surface area contributed by atoms with Gasteiger partial charge in [0.15, 0.2) is 9.84 Å². The lowest BCUT2D eigenvalue weighted by Gasteiger charge is -2.18. The summed E-state index contributed by atoms with van der Waals surface area (Å²) in [7, 11) is -3.42. The number of amides is 1. The molecule has 0 saturated heterocycles. The van der Waals surface area contributed by atoms with Crippen molar-refractivity contribution in [1.29, 1.82) is 0 Å². The molecule has 0 aliphatic heterocycles. The number of rotatable bonds is 7. The fraction of sp³-hybridized carbons (Fsp3) is 0.562. The van der Waals surface area contributed by atoms with E-state index in [0.29, 0.717) is 23.6 Å². The molecule has 0 heterocycles. The maximum atomic E-state index is 12.3. The number of aryl methyl sites for hydroxylation is 1. The number of sulfone groups is 1. The summed E-state index contributed by atoms with van der Waals surface area (Å²) in [6.45, 7) is 7.15. The van der Waals surface area contributed by atoms with Crippen LogP contribution in [0.5, 0.6) is 0 Å². The number of nitrogens with one attached hydrogen (secondary N) is 1. The lowest BCUT2D eigenvalue weighted by molar-refractivity contribution is -0.115. The van der Waals surface area contributed by atoms with Crippen LogP contribution in [-0.4, -0.2) is 25.3 Å². The SMILES string of the molecule is CCCS(=O)(=O)[C@H](C)C(=O)Nc1c(CC)ccc(Cl)c1CC. The third-order valence-corrected chi connectivity index (χ3v) is 6.34. The fourth-order valence-corrected chi connectivity index (χ4v) is 3.91. The Kier molecular flexibility index (Phi) is 6.88. The van der Waals surface area contributed by atoms with E-state index in [1.54, 1.807) is 6.92 Å². The van der Waals surface area contributed by atoms with Crippen LogP contribution in [0.4, 0.5) is 5.69 Å². The normalized spacial score (nSPS) is 13.0. The molecule has 1 atom stereocenters. The monoisotopic (exact) mass is 345 g/mol. The molecule has 0 unspecified atom stereocenters. The van der Waals surface area contributed by atoms with Crippen LogP contribution < -0.4 is 5.32 Å². The first-order valence-electron chi connectivity index (χ1n) is 7.61. The van der Waals surface area contributed by atoms with E-state index >= 15 is 0 Å². The lowest BCUT2D eigenvalue weighted by atomic mass is 10.0. The predicted octanol–water partition coefficient (Wildman–Crippen LogP) is 3.62. The van der Waals surface area contributed by atoms with E-state index in [0.717, 1.165) is 17.5 Å². The Bertz CT molecular complexity index is 641. The molecule has 0 saturated carbocycles. The third kappa shape index (κ3) is 4.23. The maximum Gasteiger partial charge on any atom is 0.242 e. The van der Waals surface area contributed by atoms with Gasteiger partial charge in [-0.3, -0.25) is 4.79 Å². The first-order chi connectivity index (χ1) is 10.3. The van der Waals surface area contributed by atoms with Crippen LogP contribution in [0.1, 0.15) is 45.2 Å². The second-order valence-corrected chi connectivity index (χ2v) is 8.11. The number of carbonyl (C=O) groups excluding carboxylic acids is 1. The van der Waals surface area contributed by atoms with Crippen molar-refractivity contribution in [1.82, 2.24) is 0 Å². The number of hydrogen-bond acceptors (Lipinski definition) is 3. The van der Waals surface area contributed by atoms with Gasteiger partial charge in [0.25, 0.3) is 0 Å². The van der Waals surface area contributed by atoms with E-state index in [4.69, 9.17) is 11.6 Å². The molecule has 0 aliphatic carbocycles. The van der Waals surface area contributed by atoms with E-state index in [-0.39, 0.29) is 5.75 Å². The summed E-state index contributed by atoms with van der Waals surface area (Å²) in [6, 6.07) is 3.68. The highest BCUT2D eigenvalue weighted by atomic mass is 35.5. The summed E-state index contributed by atoms with van der Waals surface area (Å²) in [4.78, 5) is 12.3. The topological polar surface area (TPSA) is 63.2 Å². The highest BCUT2D eigenvalue weighted by molar-refractivity contribution is 7.92. The van der Waals surface area contributed by atoms with Gasteiger partial charge < -0.3 is 5.32 Å². The van der Waals surface area contributed by atoms with Crippen molar-refractivity contribution in [2.75, 3.05) is 11.1 Å². The van der Waals surface area contributed by atoms with Gasteiger partial charge >= 0.3 is 0 Å². The Morgan fingerprint density at radius 3 is 2.36 bits per heavy atom. The van der Waals surface area contributed by atoms with Crippen molar-refractivity contribution in [2.24, 2.45) is 0 Å². The summed E-state index contributed by atoms with van der Waals surface area (Å²) in [6.07, 6.45) is 1.89. The quantitative estimate of drug-likeness (QED) is 0.820. The number of benzene rings is 1.